The molecular weight excluding hydrogens is 216 g/mol. The molecule has 96 valence electrons. The predicted molar refractivity (Wildman–Crippen MR) is 71.4 cm³/mol. The molecule has 4 heteroatoms. The summed E-state index contributed by atoms with van der Waals surface area (Å²) in [4.78, 5) is 0. The quantitative estimate of drug-likeness (QED) is 0.537. The average Bonchev–Trinajstić information content (AvgIpc) is 2.32. The highest BCUT2D eigenvalue weighted by atomic mass is 16.5. The maximum absolute atomic E-state index is 5.73. The number of nitrogens with one attached hydrogen (secondary N) is 1. The number of rotatable bonds is 8. The molecule has 0 saturated carbocycles. The Morgan fingerprint density at radius 3 is 2.82 bits per heavy atom. The van der Waals surface area contributed by atoms with Gasteiger partial charge in [-0.3, -0.25) is 0 Å². The zero-order chi connectivity index (χ0) is 12.5. The monoisotopic (exact) mass is 238 g/mol. The second-order valence-corrected chi connectivity index (χ2v) is 3.96. The van der Waals surface area contributed by atoms with Gasteiger partial charge in [-0.1, -0.05) is 6.07 Å². The Morgan fingerprint density at radius 1 is 1.24 bits per heavy atom. The van der Waals surface area contributed by atoms with Crippen molar-refractivity contribution in [3.8, 4) is 0 Å². The van der Waals surface area contributed by atoms with Crippen molar-refractivity contribution in [1.82, 2.24) is 0 Å². The third kappa shape index (κ3) is 5.56. The Labute approximate surface area is 103 Å². The second kappa shape index (κ2) is 7.92. The molecule has 0 aliphatic rings. The normalized spacial score (nSPS) is 10.5. The molecule has 17 heavy (non-hydrogen) atoms. The van der Waals surface area contributed by atoms with Gasteiger partial charge in [-0.2, -0.15) is 0 Å². The summed E-state index contributed by atoms with van der Waals surface area (Å²) in [6, 6.07) is 5.89. The maximum Gasteiger partial charge on any atom is 0.0700 e. The van der Waals surface area contributed by atoms with E-state index in [0.29, 0.717) is 13.2 Å². The van der Waals surface area contributed by atoms with Gasteiger partial charge in [0.1, 0.15) is 0 Å². The van der Waals surface area contributed by atoms with Crippen molar-refractivity contribution in [3.05, 3.63) is 23.8 Å². The first-order chi connectivity index (χ1) is 8.24. The van der Waals surface area contributed by atoms with Gasteiger partial charge in [0.15, 0.2) is 0 Å². The van der Waals surface area contributed by atoms with Crippen LogP contribution < -0.4 is 11.1 Å². The molecule has 4 nitrogen and oxygen atoms in total. The fourth-order valence-electron chi connectivity index (χ4n) is 1.47. The zero-order valence-corrected chi connectivity index (χ0v) is 10.7. The number of nitrogen functional groups attached to an aromatic ring is 1. The predicted octanol–water partition coefficient (Wildman–Crippen LogP) is 2.04. The van der Waals surface area contributed by atoms with Crippen LogP contribution >= 0.6 is 0 Å². The number of hydrogen-bond acceptors (Lipinski definition) is 4. The van der Waals surface area contributed by atoms with Crippen LogP contribution in [0.2, 0.25) is 0 Å². The highest BCUT2D eigenvalue weighted by molar-refractivity contribution is 5.59. The van der Waals surface area contributed by atoms with E-state index < -0.39 is 0 Å². The van der Waals surface area contributed by atoms with Crippen LogP contribution in [0, 0.1) is 6.92 Å². The highest BCUT2D eigenvalue weighted by Gasteiger charge is 1.97. The molecule has 1 aromatic carbocycles. The summed E-state index contributed by atoms with van der Waals surface area (Å²) in [6.07, 6.45) is 0.970. The fraction of sp³-hybridized carbons (Fsp3) is 0.538. The fourth-order valence-corrected chi connectivity index (χ4v) is 1.47. The molecule has 0 aromatic heterocycles. The number of nitrogens with two attached hydrogens (primary N) is 1. The summed E-state index contributed by atoms with van der Waals surface area (Å²) < 4.78 is 10.3. The van der Waals surface area contributed by atoms with Gasteiger partial charge in [-0.25, -0.2) is 0 Å². The van der Waals surface area contributed by atoms with Crippen molar-refractivity contribution in [1.29, 1.82) is 0 Å². The van der Waals surface area contributed by atoms with Crippen molar-refractivity contribution in [2.75, 3.05) is 44.5 Å². The van der Waals surface area contributed by atoms with Crippen molar-refractivity contribution in [2.45, 2.75) is 13.3 Å². The molecule has 0 heterocycles. The topological polar surface area (TPSA) is 56.5 Å². The standard InChI is InChI=1S/C13H22N2O2/c1-11-4-5-12(14)10-13(11)15-6-3-7-17-9-8-16-2/h4-5,10,15H,3,6-9,14H2,1-2H3. The van der Waals surface area contributed by atoms with Crippen LogP contribution in [0.1, 0.15) is 12.0 Å². The third-order valence-electron chi connectivity index (χ3n) is 2.47. The van der Waals surface area contributed by atoms with Gasteiger partial charge in [-0.15, -0.1) is 0 Å². The Bertz CT molecular complexity index is 329. The van der Waals surface area contributed by atoms with Crippen LogP contribution in [0.5, 0.6) is 0 Å². The summed E-state index contributed by atoms with van der Waals surface area (Å²) >= 11 is 0. The molecule has 0 spiro atoms. The molecule has 0 aliphatic heterocycles. The van der Waals surface area contributed by atoms with Gasteiger partial charge in [0, 0.05) is 31.6 Å². The molecule has 0 atom stereocenters. The lowest BCUT2D eigenvalue weighted by molar-refractivity contribution is 0.0705. The Hall–Kier alpha value is -1.26. The minimum Gasteiger partial charge on any atom is -0.399 e. The molecule has 0 saturated heterocycles. The van der Waals surface area contributed by atoms with Gasteiger partial charge in [0.05, 0.1) is 13.2 Å². The van der Waals surface area contributed by atoms with E-state index in [4.69, 9.17) is 15.2 Å². The van der Waals surface area contributed by atoms with E-state index in [1.807, 2.05) is 18.2 Å². The number of benzene rings is 1. The van der Waals surface area contributed by atoms with Crippen LogP contribution in [0.15, 0.2) is 18.2 Å². The molecule has 0 radical (unpaired) electrons. The summed E-state index contributed by atoms with van der Waals surface area (Å²) in [5.41, 5.74) is 8.83. The minimum atomic E-state index is 0.655. The van der Waals surface area contributed by atoms with E-state index in [1.165, 1.54) is 5.56 Å². The molecular formula is C13H22N2O2. The van der Waals surface area contributed by atoms with E-state index in [0.717, 1.165) is 30.9 Å². The Balaban J connectivity index is 2.15. The van der Waals surface area contributed by atoms with Crippen molar-refractivity contribution >= 4 is 11.4 Å². The summed E-state index contributed by atoms with van der Waals surface area (Å²) in [5, 5.41) is 3.35. The Kier molecular flexibility index (Phi) is 6.43. The molecule has 0 unspecified atom stereocenters. The van der Waals surface area contributed by atoms with E-state index in [-0.39, 0.29) is 0 Å². The summed E-state index contributed by atoms with van der Waals surface area (Å²) in [5.74, 6) is 0. The molecule has 0 amide bonds. The smallest absolute Gasteiger partial charge is 0.0700 e. The first kappa shape index (κ1) is 13.8. The summed E-state index contributed by atoms with van der Waals surface area (Å²) in [7, 11) is 1.67. The van der Waals surface area contributed by atoms with Crippen molar-refractivity contribution in [3.63, 3.8) is 0 Å². The van der Waals surface area contributed by atoms with Gasteiger partial charge in [0.25, 0.3) is 0 Å². The average molecular weight is 238 g/mol. The lowest BCUT2D eigenvalue weighted by Gasteiger charge is -2.10. The van der Waals surface area contributed by atoms with Crippen molar-refractivity contribution < 1.29 is 9.47 Å². The molecule has 0 fully saturated rings. The van der Waals surface area contributed by atoms with Crippen LogP contribution in [0.25, 0.3) is 0 Å². The number of anilines is 2. The second-order valence-electron chi connectivity index (χ2n) is 3.96. The number of hydrogen-bond donors (Lipinski definition) is 2. The molecule has 3 N–H and O–H groups in total. The first-order valence-electron chi connectivity index (χ1n) is 5.90. The van der Waals surface area contributed by atoms with Crippen molar-refractivity contribution in [2.24, 2.45) is 0 Å². The lowest BCUT2D eigenvalue weighted by Crippen LogP contribution is -2.09. The SMILES string of the molecule is COCCOCCCNc1cc(N)ccc1C. The highest BCUT2D eigenvalue weighted by Crippen LogP contribution is 2.17. The van der Waals surface area contributed by atoms with Gasteiger partial charge in [0.2, 0.25) is 0 Å². The first-order valence-corrected chi connectivity index (χ1v) is 5.90. The number of ether oxygens (including phenoxy) is 2. The van der Waals surface area contributed by atoms with Gasteiger partial charge < -0.3 is 20.5 Å². The minimum absolute atomic E-state index is 0.655. The van der Waals surface area contributed by atoms with E-state index in [2.05, 4.69) is 12.2 Å². The van der Waals surface area contributed by atoms with Gasteiger partial charge >= 0.3 is 0 Å². The molecule has 1 rings (SSSR count). The molecule has 1 aromatic rings. The van der Waals surface area contributed by atoms with Crippen LogP contribution in [-0.2, 0) is 9.47 Å². The Morgan fingerprint density at radius 2 is 2.06 bits per heavy atom. The summed E-state index contributed by atoms with van der Waals surface area (Å²) in [6.45, 7) is 5.02. The number of methoxy groups -OCH3 is 1. The zero-order valence-electron chi connectivity index (χ0n) is 10.7. The van der Waals surface area contributed by atoms with E-state index in [9.17, 15) is 0 Å². The van der Waals surface area contributed by atoms with Crippen LogP contribution in [-0.4, -0.2) is 33.5 Å². The van der Waals surface area contributed by atoms with E-state index >= 15 is 0 Å². The van der Waals surface area contributed by atoms with Crippen LogP contribution in [0.3, 0.4) is 0 Å². The molecule has 0 bridgehead atoms. The maximum atomic E-state index is 5.73. The number of aryl methyl sites for hydroxylation is 1. The lowest BCUT2D eigenvalue weighted by atomic mass is 10.2. The van der Waals surface area contributed by atoms with E-state index in [1.54, 1.807) is 7.11 Å². The third-order valence-corrected chi connectivity index (χ3v) is 2.47. The largest absolute Gasteiger partial charge is 0.399 e. The van der Waals surface area contributed by atoms with Crippen LogP contribution in [0.4, 0.5) is 11.4 Å². The van der Waals surface area contributed by atoms with Gasteiger partial charge in [-0.05, 0) is 31.0 Å². The molecule has 0 aliphatic carbocycles.